The number of nitrogens with zero attached hydrogens (tertiary/aromatic N) is 4. The highest BCUT2D eigenvalue weighted by Gasteiger charge is 2.32. The van der Waals surface area contributed by atoms with E-state index in [1.165, 1.54) is 23.2 Å². The molecule has 0 saturated carbocycles. The molecule has 2 heterocycles. The van der Waals surface area contributed by atoms with Crippen LogP contribution >= 0.6 is 0 Å². The molecule has 1 aromatic carbocycles. The average Bonchev–Trinajstić information content (AvgIpc) is 3.33. The summed E-state index contributed by atoms with van der Waals surface area (Å²) in [7, 11) is 2.08. The van der Waals surface area contributed by atoms with E-state index in [1.54, 1.807) is 18.3 Å². The highest BCUT2D eigenvalue weighted by Crippen LogP contribution is 2.27. The maximum atomic E-state index is 14.1. The van der Waals surface area contributed by atoms with Gasteiger partial charge in [-0.15, -0.1) is 0 Å². The summed E-state index contributed by atoms with van der Waals surface area (Å²) in [4.78, 5) is 22.3. The number of aromatic nitrogens is 3. The first-order valence-corrected chi connectivity index (χ1v) is 11.4. The summed E-state index contributed by atoms with van der Waals surface area (Å²) in [5, 5.41) is 6.74. The fraction of sp³-hybridized carbons (Fsp3) is 0.346. The van der Waals surface area contributed by atoms with Crippen molar-refractivity contribution >= 4 is 23.8 Å². The molecule has 2 atom stereocenters. The third-order valence-electron chi connectivity index (χ3n) is 6.77. The Morgan fingerprint density at radius 2 is 2.15 bits per heavy atom. The van der Waals surface area contributed by atoms with Crippen LogP contribution in [0.15, 0.2) is 41.8 Å². The first kappa shape index (κ1) is 21.4. The van der Waals surface area contributed by atoms with Crippen molar-refractivity contribution in [1.29, 1.82) is 0 Å². The summed E-state index contributed by atoms with van der Waals surface area (Å²) in [6.07, 6.45) is 11.1. The topological polar surface area (TPSA) is 61.4 Å². The fourth-order valence-corrected chi connectivity index (χ4v) is 4.97. The van der Waals surface area contributed by atoms with Crippen molar-refractivity contribution in [3.8, 4) is 0 Å². The third kappa shape index (κ3) is 3.81. The van der Waals surface area contributed by atoms with Crippen molar-refractivity contribution in [2.24, 2.45) is 24.0 Å². The molecule has 0 bridgehead atoms. The van der Waals surface area contributed by atoms with E-state index in [-0.39, 0.29) is 11.5 Å². The van der Waals surface area contributed by atoms with E-state index >= 15 is 0 Å². The van der Waals surface area contributed by atoms with Crippen LogP contribution < -0.4 is 10.6 Å². The van der Waals surface area contributed by atoms with Crippen LogP contribution in [-0.4, -0.2) is 25.8 Å². The van der Waals surface area contributed by atoms with Crippen molar-refractivity contribution in [3.63, 3.8) is 0 Å². The third-order valence-corrected chi connectivity index (χ3v) is 6.77. The van der Waals surface area contributed by atoms with Gasteiger partial charge in [0.25, 0.3) is 0 Å². The summed E-state index contributed by atoms with van der Waals surface area (Å²) in [5.74, 6) is -0.0315. The largest absolute Gasteiger partial charge is 0.368 e. The second-order valence-corrected chi connectivity index (χ2v) is 8.96. The Bertz CT molecular complexity index is 1380. The molecule has 0 saturated heterocycles. The lowest BCUT2D eigenvalue weighted by molar-refractivity contribution is 0.0508. The number of aryl methyl sites for hydroxylation is 1. The van der Waals surface area contributed by atoms with Crippen LogP contribution in [0.25, 0.3) is 12.2 Å². The molecule has 170 valence electrons. The van der Waals surface area contributed by atoms with E-state index < -0.39 is 11.8 Å². The Hall–Kier alpha value is -3.48. The number of oxime groups is 1. The van der Waals surface area contributed by atoms with Gasteiger partial charge in [-0.1, -0.05) is 36.4 Å². The van der Waals surface area contributed by atoms with E-state index in [2.05, 4.69) is 45.4 Å². The van der Waals surface area contributed by atoms with E-state index in [1.807, 2.05) is 13.1 Å². The smallest absolute Gasteiger partial charge is 0.347 e. The number of carbonyl (C=O) groups excluding carboxylic acids is 1. The maximum Gasteiger partial charge on any atom is 0.368 e. The molecule has 2 aromatic heterocycles. The SMILES string of the molecule is Cc1nccn1CC1CCc2c(c3c(n2C)=CCC(C)C=3)/C1=N/OC(=O)c1ccccc1F. The molecule has 3 aromatic rings. The number of fused-ring (bicyclic) bond motifs is 3. The number of hydrogen-bond acceptors (Lipinski definition) is 4. The zero-order chi connectivity index (χ0) is 23.1. The molecule has 0 fully saturated rings. The molecule has 33 heavy (non-hydrogen) atoms. The summed E-state index contributed by atoms with van der Waals surface area (Å²) in [6, 6.07) is 5.80. The maximum absolute atomic E-state index is 14.1. The van der Waals surface area contributed by atoms with Crippen molar-refractivity contribution in [3.05, 3.63) is 75.7 Å². The molecule has 0 N–H and O–H groups in total. The Labute approximate surface area is 191 Å². The first-order valence-electron chi connectivity index (χ1n) is 11.4. The molecule has 6 nitrogen and oxygen atoms in total. The standard InChI is InChI=1S/C26H27FN4O2/c1-16-8-10-22-20(14-16)24-23(30(22)3)11-9-18(15-31-13-12-28-17(31)2)25(24)29-33-26(32)19-6-4-5-7-21(19)27/h4-7,10,12-14,16,18H,8-9,11,15H2,1-3H3/b29-25+. The Morgan fingerprint density at radius 3 is 2.91 bits per heavy atom. The van der Waals surface area contributed by atoms with Gasteiger partial charge in [-0.25, -0.2) is 14.2 Å². The minimum absolute atomic E-state index is 0.0379. The van der Waals surface area contributed by atoms with E-state index in [0.717, 1.165) is 41.6 Å². The van der Waals surface area contributed by atoms with E-state index in [4.69, 9.17) is 4.84 Å². The molecule has 0 spiro atoms. The van der Waals surface area contributed by atoms with Crippen molar-refractivity contribution in [1.82, 2.24) is 14.1 Å². The molecular weight excluding hydrogens is 419 g/mol. The van der Waals surface area contributed by atoms with Crippen LogP contribution in [0.2, 0.25) is 0 Å². The summed E-state index contributed by atoms with van der Waals surface area (Å²) in [5.41, 5.74) is 2.86. The molecule has 2 aliphatic rings. The monoisotopic (exact) mass is 446 g/mol. The van der Waals surface area contributed by atoms with Crippen LogP contribution in [-0.2, 0) is 24.9 Å². The molecular formula is C26H27FN4O2. The Balaban J connectivity index is 1.60. The van der Waals surface area contributed by atoms with Crippen LogP contribution in [0.5, 0.6) is 0 Å². The van der Waals surface area contributed by atoms with Gasteiger partial charge in [-0.05, 0) is 44.2 Å². The van der Waals surface area contributed by atoms with Gasteiger partial charge < -0.3 is 14.0 Å². The number of hydrogen-bond donors (Lipinski definition) is 0. The number of carbonyl (C=O) groups is 1. The van der Waals surface area contributed by atoms with Gasteiger partial charge in [-0.2, -0.15) is 0 Å². The number of halogens is 1. The molecule has 0 radical (unpaired) electrons. The van der Waals surface area contributed by atoms with E-state index in [9.17, 15) is 9.18 Å². The van der Waals surface area contributed by atoms with Crippen LogP contribution in [0.1, 0.15) is 47.2 Å². The summed E-state index contributed by atoms with van der Waals surface area (Å²) in [6.45, 7) is 4.85. The Morgan fingerprint density at radius 1 is 1.33 bits per heavy atom. The number of benzene rings is 1. The van der Waals surface area contributed by atoms with Crippen LogP contribution in [0, 0.1) is 24.6 Å². The molecule has 0 amide bonds. The number of imidazole rings is 1. The quantitative estimate of drug-likeness (QED) is 0.457. The zero-order valence-corrected chi connectivity index (χ0v) is 19.1. The van der Waals surface area contributed by atoms with Crippen LogP contribution in [0.4, 0.5) is 4.39 Å². The average molecular weight is 447 g/mol. The minimum Gasteiger partial charge on any atom is -0.347 e. The van der Waals surface area contributed by atoms with Gasteiger partial charge >= 0.3 is 5.97 Å². The molecule has 2 aliphatic carbocycles. The molecule has 0 aliphatic heterocycles. The summed E-state index contributed by atoms with van der Waals surface area (Å²) >= 11 is 0. The van der Waals surface area contributed by atoms with Crippen LogP contribution in [0.3, 0.4) is 0 Å². The second kappa shape index (κ2) is 8.46. The van der Waals surface area contributed by atoms with Crippen molar-refractivity contribution in [2.75, 3.05) is 0 Å². The normalized spacial score (nSPS) is 20.5. The van der Waals surface area contributed by atoms with E-state index in [0.29, 0.717) is 12.5 Å². The second-order valence-electron chi connectivity index (χ2n) is 8.96. The van der Waals surface area contributed by atoms with Crippen molar-refractivity contribution in [2.45, 2.75) is 39.7 Å². The molecule has 5 rings (SSSR count). The molecule has 7 heteroatoms. The van der Waals surface area contributed by atoms with Crippen molar-refractivity contribution < 1.29 is 14.0 Å². The van der Waals surface area contributed by atoms with Gasteiger partial charge in [-0.3, -0.25) is 0 Å². The van der Waals surface area contributed by atoms with Gasteiger partial charge in [0.1, 0.15) is 11.6 Å². The highest BCUT2D eigenvalue weighted by atomic mass is 19.1. The highest BCUT2D eigenvalue weighted by molar-refractivity contribution is 6.05. The lowest BCUT2D eigenvalue weighted by Gasteiger charge is -2.25. The summed E-state index contributed by atoms with van der Waals surface area (Å²) < 4.78 is 18.4. The first-order chi connectivity index (χ1) is 15.9. The predicted octanol–water partition coefficient (Wildman–Crippen LogP) is 3.09. The Kier molecular flexibility index (Phi) is 5.48. The zero-order valence-electron chi connectivity index (χ0n) is 19.1. The van der Waals surface area contributed by atoms with Gasteiger partial charge in [0.2, 0.25) is 0 Å². The van der Waals surface area contributed by atoms with Gasteiger partial charge in [0.15, 0.2) is 0 Å². The van der Waals surface area contributed by atoms with Gasteiger partial charge in [0.05, 0.1) is 11.3 Å². The fourth-order valence-electron chi connectivity index (χ4n) is 4.97. The molecule has 2 unspecified atom stereocenters. The minimum atomic E-state index is -0.793. The lowest BCUT2D eigenvalue weighted by atomic mass is 9.84. The number of rotatable bonds is 4. The predicted molar refractivity (Wildman–Crippen MR) is 125 cm³/mol. The lowest BCUT2D eigenvalue weighted by Crippen LogP contribution is -2.36. The van der Waals surface area contributed by atoms with Gasteiger partial charge in [0, 0.05) is 53.7 Å².